The lowest BCUT2D eigenvalue weighted by molar-refractivity contribution is -0.126. The highest BCUT2D eigenvalue weighted by Crippen LogP contribution is 2.31. The second-order valence-corrected chi connectivity index (χ2v) is 6.23. The highest BCUT2D eigenvalue weighted by molar-refractivity contribution is 7.99. The number of carbonyl (C=O) groups is 1. The molecule has 0 heterocycles. The Morgan fingerprint density at radius 2 is 2.00 bits per heavy atom. The monoisotopic (exact) mass is 242 g/mol. The molecule has 2 aliphatic rings. The van der Waals surface area contributed by atoms with Gasteiger partial charge in [-0.15, -0.1) is 0 Å². The average molecular weight is 242 g/mol. The molecule has 0 aromatic carbocycles. The minimum absolute atomic E-state index is 0.0935. The van der Waals surface area contributed by atoms with Gasteiger partial charge in [0.2, 0.25) is 5.91 Å². The van der Waals surface area contributed by atoms with Gasteiger partial charge in [0.15, 0.2) is 0 Å². The Morgan fingerprint density at radius 1 is 1.31 bits per heavy atom. The van der Waals surface area contributed by atoms with Crippen LogP contribution in [0.2, 0.25) is 0 Å². The summed E-state index contributed by atoms with van der Waals surface area (Å²) in [5.74, 6) is 0.0935. The lowest BCUT2D eigenvalue weighted by Gasteiger charge is -2.27. The fourth-order valence-electron chi connectivity index (χ4n) is 2.92. The summed E-state index contributed by atoms with van der Waals surface area (Å²) >= 11 is 1.87. The summed E-state index contributed by atoms with van der Waals surface area (Å²) in [6, 6.07) is 0.350. The van der Waals surface area contributed by atoms with E-state index in [1.807, 2.05) is 11.8 Å². The SMILES string of the molecule is CSC1CCCC1NC(=O)C1(N)CCCC1. The number of nitrogens with two attached hydrogens (primary N) is 1. The van der Waals surface area contributed by atoms with Crippen molar-refractivity contribution >= 4 is 17.7 Å². The summed E-state index contributed by atoms with van der Waals surface area (Å²) < 4.78 is 0. The molecule has 0 spiro atoms. The molecule has 1 amide bonds. The number of thioether (sulfide) groups is 1. The van der Waals surface area contributed by atoms with E-state index in [0.717, 1.165) is 32.1 Å². The largest absolute Gasteiger partial charge is 0.351 e. The number of hydrogen-bond donors (Lipinski definition) is 2. The molecule has 4 heteroatoms. The van der Waals surface area contributed by atoms with E-state index in [1.165, 1.54) is 12.8 Å². The quantitative estimate of drug-likeness (QED) is 0.791. The van der Waals surface area contributed by atoms with Gasteiger partial charge in [-0.05, 0) is 31.9 Å². The van der Waals surface area contributed by atoms with Crippen LogP contribution in [0.4, 0.5) is 0 Å². The Hall–Kier alpha value is -0.220. The van der Waals surface area contributed by atoms with Crippen molar-refractivity contribution in [3.8, 4) is 0 Å². The summed E-state index contributed by atoms with van der Waals surface area (Å²) in [4.78, 5) is 12.1. The van der Waals surface area contributed by atoms with Crippen molar-refractivity contribution in [2.75, 3.05) is 6.26 Å². The normalized spacial score (nSPS) is 32.9. The molecule has 92 valence electrons. The number of nitrogens with one attached hydrogen (secondary N) is 1. The molecular weight excluding hydrogens is 220 g/mol. The third-order valence-electron chi connectivity index (χ3n) is 4.02. The zero-order valence-electron chi connectivity index (χ0n) is 10.00. The van der Waals surface area contributed by atoms with Crippen LogP contribution in [-0.2, 0) is 4.79 Å². The Labute approximate surface area is 102 Å². The zero-order chi connectivity index (χ0) is 11.6. The van der Waals surface area contributed by atoms with Crippen molar-refractivity contribution in [3.05, 3.63) is 0 Å². The highest BCUT2D eigenvalue weighted by Gasteiger charge is 2.39. The van der Waals surface area contributed by atoms with E-state index in [0.29, 0.717) is 11.3 Å². The Bertz CT molecular complexity index is 264. The van der Waals surface area contributed by atoms with Crippen LogP contribution in [0.1, 0.15) is 44.9 Å². The summed E-state index contributed by atoms with van der Waals surface area (Å²) in [5, 5.41) is 3.77. The predicted octanol–water partition coefficient (Wildman–Crippen LogP) is 1.66. The van der Waals surface area contributed by atoms with Gasteiger partial charge in [0.1, 0.15) is 0 Å². The van der Waals surface area contributed by atoms with E-state index in [4.69, 9.17) is 5.73 Å². The van der Waals surface area contributed by atoms with Crippen LogP contribution in [0, 0.1) is 0 Å². The predicted molar refractivity (Wildman–Crippen MR) is 68.5 cm³/mol. The third kappa shape index (κ3) is 2.38. The molecule has 0 saturated heterocycles. The molecule has 16 heavy (non-hydrogen) atoms. The van der Waals surface area contributed by atoms with Crippen LogP contribution in [0.5, 0.6) is 0 Å². The number of hydrogen-bond acceptors (Lipinski definition) is 3. The second-order valence-electron chi connectivity index (χ2n) is 5.15. The van der Waals surface area contributed by atoms with E-state index < -0.39 is 5.54 Å². The number of carbonyl (C=O) groups excluding carboxylic acids is 1. The summed E-state index contributed by atoms with van der Waals surface area (Å²) in [5.41, 5.74) is 5.58. The lowest BCUT2D eigenvalue weighted by atomic mass is 9.97. The summed E-state index contributed by atoms with van der Waals surface area (Å²) in [6.45, 7) is 0. The molecule has 0 aliphatic heterocycles. The van der Waals surface area contributed by atoms with Crippen molar-refractivity contribution < 1.29 is 4.79 Å². The molecule has 2 fully saturated rings. The van der Waals surface area contributed by atoms with Gasteiger partial charge in [0.25, 0.3) is 0 Å². The van der Waals surface area contributed by atoms with Gasteiger partial charge in [-0.25, -0.2) is 0 Å². The van der Waals surface area contributed by atoms with Gasteiger partial charge in [0.05, 0.1) is 5.54 Å². The van der Waals surface area contributed by atoms with Crippen molar-refractivity contribution in [1.82, 2.24) is 5.32 Å². The highest BCUT2D eigenvalue weighted by atomic mass is 32.2. The molecule has 0 radical (unpaired) electrons. The summed E-state index contributed by atoms with van der Waals surface area (Å²) in [7, 11) is 0. The fraction of sp³-hybridized carbons (Fsp3) is 0.917. The standard InChI is InChI=1S/C12H22N2OS/c1-16-10-6-4-5-9(10)14-11(15)12(13)7-2-3-8-12/h9-10H,2-8,13H2,1H3,(H,14,15). The molecular formula is C12H22N2OS. The lowest BCUT2D eigenvalue weighted by Crippen LogP contribution is -2.55. The van der Waals surface area contributed by atoms with E-state index in [-0.39, 0.29) is 5.91 Å². The minimum atomic E-state index is -0.564. The maximum atomic E-state index is 12.1. The minimum Gasteiger partial charge on any atom is -0.351 e. The Balaban J connectivity index is 1.91. The van der Waals surface area contributed by atoms with Crippen LogP contribution < -0.4 is 11.1 Å². The molecule has 2 saturated carbocycles. The first-order chi connectivity index (χ1) is 7.65. The van der Waals surface area contributed by atoms with Gasteiger partial charge in [-0.1, -0.05) is 19.3 Å². The van der Waals surface area contributed by atoms with E-state index >= 15 is 0 Å². The first kappa shape index (κ1) is 12.2. The van der Waals surface area contributed by atoms with Crippen LogP contribution in [0.25, 0.3) is 0 Å². The Kier molecular flexibility index (Phi) is 3.80. The van der Waals surface area contributed by atoms with Crippen LogP contribution in [-0.4, -0.2) is 29.0 Å². The van der Waals surface area contributed by atoms with E-state index in [9.17, 15) is 4.79 Å². The van der Waals surface area contributed by atoms with Gasteiger partial charge >= 0.3 is 0 Å². The van der Waals surface area contributed by atoms with Crippen molar-refractivity contribution in [3.63, 3.8) is 0 Å². The first-order valence-electron chi connectivity index (χ1n) is 6.28. The maximum absolute atomic E-state index is 12.1. The molecule has 2 unspecified atom stereocenters. The van der Waals surface area contributed by atoms with Crippen molar-refractivity contribution in [2.24, 2.45) is 5.73 Å². The second kappa shape index (κ2) is 4.96. The molecule has 0 aromatic heterocycles. The maximum Gasteiger partial charge on any atom is 0.240 e. The molecule has 0 bridgehead atoms. The van der Waals surface area contributed by atoms with E-state index in [1.54, 1.807) is 0 Å². The molecule has 3 nitrogen and oxygen atoms in total. The topological polar surface area (TPSA) is 55.1 Å². The average Bonchev–Trinajstić information content (AvgIpc) is 2.87. The van der Waals surface area contributed by atoms with Crippen molar-refractivity contribution in [2.45, 2.75) is 61.8 Å². The first-order valence-corrected chi connectivity index (χ1v) is 7.57. The molecule has 3 N–H and O–H groups in total. The van der Waals surface area contributed by atoms with Crippen LogP contribution in [0.3, 0.4) is 0 Å². The Morgan fingerprint density at radius 3 is 2.62 bits per heavy atom. The number of rotatable bonds is 3. The van der Waals surface area contributed by atoms with Gasteiger partial charge in [-0.3, -0.25) is 4.79 Å². The van der Waals surface area contributed by atoms with Crippen LogP contribution >= 0.6 is 11.8 Å². The van der Waals surface area contributed by atoms with Crippen molar-refractivity contribution in [1.29, 1.82) is 0 Å². The molecule has 0 aromatic rings. The smallest absolute Gasteiger partial charge is 0.240 e. The van der Waals surface area contributed by atoms with Crippen LogP contribution in [0.15, 0.2) is 0 Å². The molecule has 2 aliphatic carbocycles. The number of amides is 1. The molecule has 2 atom stereocenters. The molecule has 2 rings (SSSR count). The summed E-state index contributed by atoms with van der Waals surface area (Å²) in [6.07, 6.45) is 9.61. The van der Waals surface area contributed by atoms with Gasteiger partial charge in [-0.2, -0.15) is 11.8 Å². The fourth-order valence-corrected chi connectivity index (χ4v) is 3.85. The van der Waals surface area contributed by atoms with E-state index in [2.05, 4.69) is 11.6 Å². The zero-order valence-corrected chi connectivity index (χ0v) is 10.8. The van der Waals surface area contributed by atoms with Gasteiger partial charge < -0.3 is 11.1 Å². The third-order valence-corrected chi connectivity index (χ3v) is 5.19. The van der Waals surface area contributed by atoms with Gasteiger partial charge in [0, 0.05) is 11.3 Å².